The minimum absolute atomic E-state index is 0.661. The van der Waals surface area contributed by atoms with Gasteiger partial charge in [0.25, 0.3) is 19.7 Å². The molecule has 2 aromatic rings. The predicted octanol–water partition coefficient (Wildman–Crippen LogP) is 3.10. The van der Waals surface area contributed by atoms with E-state index < -0.39 is 34.1 Å². The molecule has 0 atom stereocenters. The second kappa shape index (κ2) is 5.68. The molecule has 23 heavy (non-hydrogen) atoms. The third-order valence-electron chi connectivity index (χ3n) is 3.29. The van der Waals surface area contributed by atoms with Gasteiger partial charge in [-0.05, 0) is 38.1 Å². The maximum absolute atomic E-state index is 14.4. The summed E-state index contributed by atoms with van der Waals surface area (Å²) >= 11 is 0. The number of benzene rings is 2. The van der Waals surface area contributed by atoms with Gasteiger partial charge in [-0.3, -0.25) is 0 Å². The minimum atomic E-state index is -5.39. The van der Waals surface area contributed by atoms with Crippen molar-refractivity contribution in [2.75, 3.05) is 0 Å². The van der Waals surface area contributed by atoms with Crippen molar-refractivity contribution in [3.8, 4) is 0 Å². The first-order valence-electron chi connectivity index (χ1n) is 6.50. The second-order valence-electron chi connectivity index (χ2n) is 5.10. The highest BCUT2D eigenvalue weighted by molar-refractivity contribution is 8.09. The van der Waals surface area contributed by atoms with Gasteiger partial charge in [-0.25, -0.2) is 16.8 Å². The first-order chi connectivity index (χ1) is 10.5. The zero-order valence-electron chi connectivity index (χ0n) is 12.3. The maximum Gasteiger partial charge on any atom is 0.453 e. The average molecular weight is 360 g/mol. The highest BCUT2D eigenvalue weighted by Crippen LogP contribution is 2.38. The number of rotatable bonds is 4. The normalized spacial score (nSPS) is 13.0. The summed E-state index contributed by atoms with van der Waals surface area (Å²) in [5, 5.41) is 0. The molecule has 124 valence electrons. The number of halogens is 2. The van der Waals surface area contributed by atoms with Crippen LogP contribution in [0.15, 0.2) is 58.3 Å². The number of hydrogen-bond acceptors (Lipinski definition) is 4. The van der Waals surface area contributed by atoms with Gasteiger partial charge in [-0.1, -0.05) is 35.4 Å². The Kier molecular flexibility index (Phi) is 4.34. The van der Waals surface area contributed by atoms with Gasteiger partial charge in [0.05, 0.1) is 9.79 Å². The Hall–Kier alpha value is -1.80. The molecule has 2 aromatic carbocycles. The van der Waals surface area contributed by atoms with Gasteiger partial charge >= 0.3 is 4.59 Å². The van der Waals surface area contributed by atoms with Gasteiger partial charge < -0.3 is 0 Å². The van der Waals surface area contributed by atoms with Crippen LogP contribution in [0.25, 0.3) is 0 Å². The fraction of sp³-hybridized carbons (Fsp3) is 0.200. The third-order valence-corrected chi connectivity index (χ3v) is 7.64. The van der Waals surface area contributed by atoms with Crippen LogP contribution >= 0.6 is 0 Å². The molecule has 0 radical (unpaired) electrons. The molecule has 0 aliphatic carbocycles. The van der Waals surface area contributed by atoms with Crippen molar-refractivity contribution in [3.63, 3.8) is 0 Å². The Morgan fingerprint density at radius 1 is 0.652 bits per heavy atom. The van der Waals surface area contributed by atoms with E-state index in [9.17, 15) is 25.6 Å². The lowest BCUT2D eigenvalue weighted by Crippen LogP contribution is -2.38. The van der Waals surface area contributed by atoms with E-state index in [2.05, 4.69) is 0 Å². The molecular weight excluding hydrogens is 346 g/mol. The van der Waals surface area contributed by atoms with Crippen LogP contribution < -0.4 is 0 Å². The SMILES string of the molecule is Cc1ccc(S(=O)(=O)C(F)(F)S(=O)(=O)c2ccc(C)cc2)cc1. The second-order valence-corrected chi connectivity index (χ2v) is 9.34. The van der Waals surface area contributed by atoms with Gasteiger partial charge in [0.15, 0.2) is 0 Å². The number of sulfone groups is 2. The summed E-state index contributed by atoms with van der Waals surface area (Å²) in [6.07, 6.45) is 0. The van der Waals surface area contributed by atoms with Gasteiger partial charge in [-0.2, -0.15) is 8.78 Å². The summed E-state index contributed by atoms with van der Waals surface area (Å²) in [6, 6.07) is 9.13. The first kappa shape index (κ1) is 17.6. The van der Waals surface area contributed by atoms with E-state index in [1.54, 1.807) is 13.8 Å². The lowest BCUT2D eigenvalue weighted by Gasteiger charge is -2.17. The van der Waals surface area contributed by atoms with Crippen LogP contribution in [-0.4, -0.2) is 21.4 Å². The molecule has 0 amide bonds. The van der Waals surface area contributed by atoms with Crippen LogP contribution in [0.1, 0.15) is 11.1 Å². The fourth-order valence-corrected chi connectivity index (χ4v) is 5.12. The topological polar surface area (TPSA) is 68.3 Å². The van der Waals surface area contributed by atoms with E-state index in [-0.39, 0.29) is 0 Å². The first-order valence-corrected chi connectivity index (χ1v) is 9.47. The fourth-order valence-electron chi connectivity index (χ4n) is 1.85. The van der Waals surface area contributed by atoms with Crippen molar-refractivity contribution in [2.45, 2.75) is 28.2 Å². The van der Waals surface area contributed by atoms with E-state index in [0.29, 0.717) is 11.1 Å². The molecule has 0 aromatic heterocycles. The van der Waals surface area contributed by atoms with Crippen molar-refractivity contribution in [1.82, 2.24) is 0 Å². The largest absolute Gasteiger partial charge is 0.453 e. The highest BCUT2D eigenvalue weighted by atomic mass is 32.3. The molecule has 0 bridgehead atoms. The van der Waals surface area contributed by atoms with E-state index in [0.717, 1.165) is 24.3 Å². The van der Waals surface area contributed by atoms with E-state index in [4.69, 9.17) is 0 Å². The lowest BCUT2D eigenvalue weighted by molar-refractivity contribution is 0.180. The average Bonchev–Trinajstić information content (AvgIpc) is 2.47. The van der Waals surface area contributed by atoms with Crippen molar-refractivity contribution in [3.05, 3.63) is 59.7 Å². The van der Waals surface area contributed by atoms with Crippen molar-refractivity contribution in [2.24, 2.45) is 0 Å². The molecule has 2 rings (SSSR count). The summed E-state index contributed by atoms with van der Waals surface area (Å²) < 4.78 is 72.3. The van der Waals surface area contributed by atoms with Crippen LogP contribution in [0, 0.1) is 13.8 Å². The molecule has 8 heteroatoms. The summed E-state index contributed by atoms with van der Waals surface area (Å²) in [4.78, 5) is -1.49. The van der Waals surface area contributed by atoms with E-state index >= 15 is 0 Å². The summed E-state index contributed by atoms with van der Waals surface area (Å²) in [5.74, 6) is 0. The monoisotopic (exact) mass is 360 g/mol. The Morgan fingerprint density at radius 3 is 1.17 bits per heavy atom. The quantitative estimate of drug-likeness (QED) is 0.840. The number of alkyl halides is 2. The van der Waals surface area contributed by atoms with Crippen LogP contribution in [0.2, 0.25) is 0 Å². The molecule has 0 aliphatic rings. The maximum atomic E-state index is 14.4. The zero-order chi connectivity index (χ0) is 17.5. The standard InChI is InChI=1S/C15H14F2O4S2/c1-11-3-7-13(8-4-11)22(18,19)15(16,17)23(20,21)14-9-5-12(2)6-10-14/h3-10H,1-2H3. The molecular formula is C15H14F2O4S2. The molecule has 0 unspecified atom stereocenters. The number of aryl methyl sites for hydroxylation is 2. The molecule has 0 spiro atoms. The Balaban J connectivity index is 2.59. The zero-order valence-corrected chi connectivity index (χ0v) is 14.0. The molecule has 0 saturated heterocycles. The summed E-state index contributed by atoms with van der Waals surface area (Å²) in [5.41, 5.74) is 1.32. The molecule has 0 heterocycles. The van der Waals surface area contributed by atoms with Crippen molar-refractivity contribution < 1.29 is 25.6 Å². The molecule has 0 N–H and O–H groups in total. The van der Waals surface area contributed by atoms with E-state index in [1.807, 2.05) is 0 Å². The predicted molar refractivity (Wildman–Crippen MR) is 81.7 cm³/mol. The van der Waals surface area contributed by atoms with Gasteiger partial charge in [0.2, 0.25) is 0 Å². The number of hydrogen-bond donors (Lipinski definition) is 0. The van der Waals surface area contributed by atoms with E-state index in [1.165, 1.54) is 24.3 Å². The highest BCUT2D eigenvalue weighted by Gasteiger charge is 2.58. The molecule has 0 fully saturated rings. The van der Waals surface area contributed by atoms with Crippen LogP contribution in [0.4, 0.5) is 8.78 Å². The molecule has 0 aliphatic heterocycles. The lowest BCUT2D eigenvalue weighted by atomic mass is 10.2. The van der Waals surface area contributed by atoms with Crippen molar-refractivity contribution >= 4 is 19.7 Å². The Labute approximate surface area is 133 Å². The van der Waals surface area contributed by atoms with Crippen LogP contribution in [-0.2, 0) is 19.7 Å². The van der Waals surface area contributed by atoms with Gasteiger partial charge in [0.1, 0.15) is 0 Å². The minimum Gasteiger partial charge on any atom is -0.216 e. The molecule has 4 nitrogen and oxygen atoms in total. The van der Waals surface area contributed by atoms with Crippen LogP contribution in [0.3, 0.4) is 0 Å². The summed E-state index contributed by atoms with van der Waals surface area (Å²) in [6.45, 7) is 3.30. The van der Waals surface area contributed by atoms with Gasteiger partial charge in [-0.15, -0.1) is 0 Å². The summed E-state index contributed by atoms with van der Waals surface area (Å²) in [7, 11) is -10.8. The molecule has 0 saturated carbocycles. The third kappa shape index (κ3) is 2.88. The van der Waals surface area contributed by atoms with Gasteiger partial charge in [0, 0.05) is 0 Å². The Morgan fingerprint density at radius 2 is 0.913 bits per heavy atom. The Bertz CT molecular complexity index is 837. The van der Waals surface area contributed by atoms with Crippen molar-refractivity contribution in [1.29, 1.82) is 0 Å². The van der Waals surface area contributed by atoms with Crippen LogP contribution in [0.5, 0.6) is 0 Å². The smallest absolute Gasteiger partial charge is 0.216 e.